The Morgan fingerprint density at radius 3 is 2.68 bits per heavy atom. The highest BCUT2D eigenvalue weighted by Gasteiger charge is 2.31. The summed E-state index contributed by atoms with van der Waals surface area (Å²) < 4.78 is 0. The number of hydrogen-bond acceptors (Lipinski definition) is 5. The Morgan fingerprint density at radius 2 is 2.04 bits per heavy atom. The molecule has 2 aliphatic heterocycles. The molecule has 2 aliphatic rings. The molecule has 1 saturated heterocycles. The van der Waals surface area contributed by atoms with Gasteiger partial charge >= 0.3 is 0 Å². The SMILES string of the molecule is CNc1nc(C2CCN(CC(C)(C)C)C2)nc2c1CCN(C(C)=O)C2. The zero-order chi connectivity index (χ0) is 18.2. The Labute approximate surface area is 151 Å². The van der Waals surface area contributed by atoms with Crippen molar-refractivity contribution in [1.29, 1.82) is 0 Å². The molecule has 1 fully saturated rings. The number of fused-ring (bicyclic) bond motifs is 1. The maximum Gasteiger partial charge on any atom is 0.219 e. The fourth-order valence-corrected chi connectivity index (χ4v) is 3.97. The summed E-state index contributed by atoms with van der Waals surface area (Å²) in [4.78, 5) is 25.9. The minimum Gasteiger partial charge on any atom is -0.373 e. The van der Waals surface area contributed by atoms with E-state index in [1.54, 1.807) is 6.92 Å². The van der Waals surface area contributed by atoms with Crippen LogP contribution in [0.1, 0.15) is 57.1 Å². The van der Waals surface area contributed by atoms with Gasteiger partial charge in [-0.1, -0.05) is 20.8 Å². The largest absolute Gasteiger partial charge is 0.373 e. The standard InChI is InChI=1S/C19H31N5O/c1-13(25)24-9-7-15-16(11-24)21-17(22-18(15)20-5)14-6-8-23(10-14)12-19(2,3)4/h14H,6-12H2,1-5H3,(H,20,21,22). The summed E-state index contributed by atoms with van der Waals surface area (Å²) in [6, 6.07) is 0. The van der Waals surface area contributed by atoms with Crippen LogP contribution in [0, 0.1) is 5.41 Å². The molecule has 3 rings (SSSR count). The third kappa shape index (κ3) is 4.11. The zero-order valence-corrected chi connectivity index (χ0v) is 16.2. The van der Waals surface area contributed by atoms with Crippen LogP contribution in [0.25, 0.3) is 0 Å². The van der Waals surface area contributed by atoms with Gasteiger partial charge in [-0.25, -0.2) is 9.97 Å². The summed E-state index contributed by atoms with van der Waals surface area (Å²) in [7, 11) is 1.92. The summed E-state index contributed by atoms with van der Waals surface area (Å²) in [6.45, 7) is 13.1. The number of hydrogen-bond donors (Lipinski definition) is 1. The predicted octanol–water partition coefficient (Wildman–Crippen LogP) is 2.26. The normalized spacial score (nSPS) is 21.3. The lowest BCUT2D eigenvalue weighted by atomic mass is 9.96. The molecule has 25 heavy (non-hydrogen) atoms. The molecular weight excluding hydrogens is 314 g/mol. The van der Waals surface area contributed by atoms with E-state index in [0.717, 1.165) is 56.4 Å². The number of aromatic nitrogens is 2. The summed E-state index contributed by atoms with van der Waals surface area (Å²) >= 11 is 0. The van der Waals surface area contributed by atoms with Gasteiger partial charge < -0.3 is 15.1 Å². The van der Waals surface area contributed by atoms with Crippen molar-refractivity contribution >= 4 is 11.7 Å². The summed E-state index contributed by atoms with van der Waals surface area (Å²) in [5.41, 5.74) is 2.50. The molecule has 0 bridgehead atoms. The second-order valence-electron chi connectivity index (χ2n) is 8.58. The van der Waals surface area contributed by atoms with Crippen LogP contribution in [-0.2, 0) is 17.8 Å². The van der Waals surface area contributed by atoms with Crippen molar-refractivity contribution in [3.63, 3.8) is 0 Å². The van der Waals surface area contributed by atoms with E-state index in [-0.39, 0.29) is 5.91 Å². The molecule has 6 nitrogen and oxygen atoms in total. The Morgan fingerprint density at radius 1 is 1.28 bits per heavy atom. The van der Waals surface area contributed by atoms with Crippen molar-refractivity contribution < 1.29 is 4.79 Å². The van der Waals surface area contributed by atoms with Gasteiger partial charge in [0.15, 0.2) is 0 Å². The first-order valence-corrected chi connectivity index (χ1v) is 9.32. The van der Waals surface area contributed by atoms with Crippen molar-refractivity contribution in [2.75, 3.05) is 38.5 Å². The number of nitrogens with zero attached hydrogens (tertiary/aromatic N) is 4. The van der Waals surface area contributed by atoms with Gasteiger partial charge in [0, 0.05) is 45.1 Å². The maximum absolute atomic E-state index is 11.7. The first kappa shape index (κ1) is 18.1. The molecule has 0 aliphatic carbocycles. The van der Waals surface area contributed by atoms with Crippen molar-refractivity contribution in [2.24, 2.45) is 5.41 Å². The molecule has 0 saturated carbocycles. The Balaban J connectivity index is 1.81. The third-order valence-corrected chi connectivity index (χ3v) is 5.10. The highest BCUT2D eigenvalue weighted by Crippen LogP contribution is 2.31. The smallest absolute Gasteiger partial charge is 0.219 e. The molecule has 0 spiro atoms. The minimum atomic E-state index is 0.119. The van der Waals surface area contributed by atoms with E-state index >= 15 is 0 Å². The van der Waals surface area contributed by atoms with E-state index in [1.165, 1.54) is 5.56 Å². The molecule has 1 amide bonds. The van der Waals surface area contributed by atoms with E-state index in [1.807, 2.05) is 11.9 Å². The first-order valence-electron chi connectivity index (χ1n) is 9.32. The van der Waals surface area contributed by atoms with Crippen molar-refractivity contribution in [3.8, 4) is 0 Å². The van der Waals surface area contributed by atoms with Gasteiger partial charge in [0.05, 0.1) is 12.2 Å². The molecule has 1 aromatic heterocycles. The van der Waals surface area contributed by atoms with Crippen LogP contribution < -0.4 is 5.32 Å². The van der Waals surface area contributed by atoms with Crippen LogP contribution in [0.15, 0.2) is 0 Å². The van der Waals surface area contributed by atoms with E-state index in [9.17, 15) is 4.79 Å². The lowest BCUT2D eigenvalue weighted by Gasteiger charge is -2.29. The van der Waals surface area contributed by atoms with Gasteiger partial charge in [0.25, 0.3) is 0 Å². The van der Waals surface area contributed by atoms with Gasteiger partial charge in [-0.05, 0) is 24.8 Å². The highest BCUT2D eigenvalue weighted by molar-refractivity contribution is 5.73. The third-order valence-electron chi connectivity index (χ3n) is 5.10. The van der Waals surface area contributed by atoms with Crippen molar-refractivity contribution in [1.82, 2.24) is 19.8 Å². The molecule has 1 N–H and O–H groups in total. The number of nitrogens with one attached hydrogen (secondary N) is 1. The summed E-state index contributed by atoms with van der Waals surface area (Å²) in [5, 5.41) is 3.24. The first-order chi connectivity index (χ1) is 11.8. The predicted molar refractivity (Wildman–Crippen MR) is 99.6 cm³/mol. The number of rotatable bonds is 3. The van der Waals surface area contributed by atoms with Crippen LogP contribution in [0.3, 0.4) is 0 Å². The summed E-state index contributed by atoms with van der Waals surface area (Å²) in [6.07, 6.45) is 1.93. The molecular formula is C19H31N5O. The van der Waals surface area contributed by atoms with Gasteiger partial charge in [-0.3, -0.25) is 4.79 Å². The monoisotopic (exact) mass is 345 g/mol. The Hall–Kier alpha value is -1.69. The molecule has 1 atom stereocenters. The van der Waals surface area contributed by atoms with Gasteiger partial charge in [-0.15, -0.1) is 0 Å². The lowest BCUT2D eigenvalue weighted by molar-refractivity contribution is -0.129. The van der Waals surface area contributed by atoms with E-state index in [4.69, 9.17) is 9.97 Å². The Bertz CT molecular complexity index is 652. The minimum absolute atomic E-state index is 0.119. The quantitative estimate of drug-likeness (QED) is 0.910. The molecule has 3 heterocycles. The zero-order valence-electron chi connectivity index (χ0n) is 16.2. The van der Waals surface area contributed by atoms with Crippen molar-refractivity contribution in [2.45, 2.75) is 53.0 Å². The molecule has 0 radical (unpaired) electrons. The van der Waals surface area contributed by atoms with Crippen LogP contribution >= 0.6 is 0 Å². The number of anilines is 1. The Kier molecular flexibility index (Phi) is 5.00. The number of likely N-dealkylation sites (tertiary alicyclic amines) is 1. The number of carbonyl (C=O) groups is 1. The average Bonchev–Trinajstić information content (AvgIpc) is 2.99. The number of carbonyl (C=O) groups excluding carboxylic acids is 1. The lowest BCUT2D eigenvalue weighted by Crippen LogP contribution is -2.35. The average molecular weight is 345 g/mol. The molecule has 1 aromatic rings. The molecule has 6 heteroatoms. The molecule has 0 aromatic carbocycles. The summed E-state index contributed by atoms with van der Waals surface area (Å²) in [5.74, 6) is 2.38. The van der Waals surface area contributed by atoms with E-state index < -0.39 is 0 Å². The van der Waals surface area contributed by atoms with Crippen LogP contribution in [-0.4, -0.2) is 58.9 Å². The molecule has 138 valence electrons. The second-order valence-corrected chi connectivity index (χ2v) is 8.58. The molecule has 1 unspecified atom stereocenters. The number of amides is 1. The van der Waals surface area contributed by atoms with E-state index in [0.29, 0.717) is 17.9 Å². The van der Waals surface area contributed by atoms with Crippen molar-refractivity contribution in [3.05, 3.63) is 17.1 Å². The topological polar surface area (TPSA) is 61.4 Å². The van der Waals surface area contributed by atoms with Crippen LogP contribution in [0.5, 0.6) is 0 Å². The van der Waals surface area contributed by atoms with Crippen LogP contribution in [0.2, 0.25) is 0 Å². The van der Waals surface area contributed by atoms with Gasteiger partial charge in [0.1, 0.15) is 11.6 Å². The highest BCUT2D eigenvalue weighted by atomic mass is 16.2. The maximum atomic E-state index is 11.7. The van der Waals surface area contributed by atoms with Gasteiger partial charge in [0.2, 0.25) is 5.91 Å². The van der Waals surface area contributed by atoms with Crippen LogP contribution in [0.4, 0.5) is 5.82 Å². The van der Waals surface area contributed by atoms with Gasteiger partial charge in [-0.2, -0.15) is 0 Å². The second kappa shape index (κ2) is 6.90. The fourth-order valence-electron chi connectivity index (χ4n) is 3.97. The van der Waals surface area contributed by atoms with E-state index in [2.05, 4.69) is 31.0 Å². The fraction of sp³-hybridized carbons (Fsp3) is 0.737.